The molecule has 1 aromatic heterocycles. The zero-order valence-electron chi connectivity index (χ0n) is 16.6. The van der Waals surface area contributed by atoms with Crippen molar-refractivity contribution >= 4 is 28.3 Å². The summed E-state index contributed by atoms with van der Waals surface area (Å²) in [5.74, 6) is -0.891. The molecule has 2 amide bonds. The lowest BCUT2D eigenvalue weighted by Crippen LogP contribution is -2.41. The van der Waals surface area contributed by atoms with E-state index in [1.165, 1.54) is 17.0 Å². The van der Waals surface area contributed by atoms with Gasteiger partial charge in [-0.05, 0) is 84.7 Å². The molecular formula is C23H25N3O2. The van der Waals surface area contributed by atoms with Crippen LogP contribution in [0.25, 0.3) is 27.6 Å². The molecule has 0 aliphatic carbocycles. The SMILES string of the molecule is CC(=CC(=O)N[C@H](C)C(N)=O)c1cc(C)c(-c2ccc3[nH]ccc3c2)cc1C. The van der Waals surface area contributed by atoms with E-state index in [0.717, 1.165) is 33.3 Å². The Morgan fingerprint density at radius 3 is 2.57 bits per heavy atom. The van der Waals surface area contributed by atoms with Crippen LogP contribution in [0.3, 0.4) is 0 Å². The van der Waals surface area contributed by atoms with Gasteiger partial charge in [-0.25, -0.2) is 0 Å². The Labute approximate surface area is 164 Å². The topological polar surface area (TPSA) is 88.0 Å². The maximum Gasteiger partial charge on any atom is 0.244 e. The van der Waals surface area contributed by atoms with E-state index in [1.807, 2.05) is 20.0 Å². The highest BCUT2D eigenvalue weighted by atomic mass is 16.2. The molecule has 0 unspecified atom stereocenters. The predicted molar refractivity (Wildman–Crippen MR) is 114 cm³/mol. The van der Waals surface area contributed by atoms with Crippen LogP contribution >= 0.6 is 0 Å². The van der Waals surface area contributed by atoms with Gasteiger partial charge in [0.2, 0.25) is 11.8 Å². The van der Waals surface area contributed by atoms with Crippen LogP contribution in [0.1, 0.15) is 30.5 Å². The van der Waals surface area contributed by atoms with E-state index < -0.39 is 11.9 Å². The Kier molecular flexibility index (Phi) is 5.36. The van der Waals surface area contributed by atoms with Gasteiger partial charge in [0.05, 0.1) is 0 Å². The maximum atomic E-state index is 12.1. The van der Waals surface area contributed by atoms with E-state index in [1.54, 1.807) is 6.92 Å². The first kappa shape index (κ1) is 19.4. The van der Waals surface area contributed by atoms with Gasteiger partial charge in [-0.2, -0.15) is 0 Å². The molecule has 0 fully saturated rings. The fourth-order valence-electron chi connectivity index (χ4n) is 3.37. The lowest BCUT2D eigenvalue weighted by molar-refractivity contribution is -0.124. The van der Waals surface area contributed by atoms with Crippen LogP contribution in [0.2, 0.25) is 0 Å². The fraction of sp³-hybridized carbons (Fsp3) is 0.217. The van der Waals surface area contributed by atoms with Crippen molar-refractivity contribution in [2.75, 3.05) is 0 Å². The number of hydrogen-bond donors (Lipinski definition) is 3. The number of carbonyl (C=O) groups is 2. The highest BCUT2D eigenvalue weighted by Gasteiger charge is 2.13. The van der Waals surface area contributed by atoms with Crippen LogP contribution < -0.4 is 11.1 Å². The number of hydrogen-bond acceptors (Lipinski definition) is 2. The molecule has 3 aromatic rings. The Hall–Kier alpha value is -3.34. The van der Waals surface area contributed by atoms with Gasteiger partial charge in [-0.15, -0.1) is 0 Å². The lowest BCUT2D eigenvalue weighted by Gasteiger charge is -2.14. The molecule has 28 heavy (non-hydrogen) atoms. The van der Waals surface area contributed by atoms with Crippen LogP contribution in [-0.2, 0) is 9.59 Å². The van der Waals surface area contributed by atoms with Crippen LogP contribution in [0.5, 0.6) is 0 Å². The third-order valence-corrected chi connectivity index (χ3v) is 4.99. The summed E-state index contributed by atoms with van der Waals surface area (Å²) in [7, 11) is 0. The molecule has 0 aliphatic rings. The second-order valence-electron chi connectivity index (χ2n) is 7.22. The number of carbonyl (C=O) groups excluding carboxylic acids is 2. The number of amides is 2. The lowest BCUT2D eigenvalue weighted by atomic mass is 9.91. The third-order valence-electron chi connectivity index (χ3n) is 4.99. The third kappa shape index (κ3) is 3.98. The second kappa shape index (κ2) is 7.72. The minimum atomic E-state index is -0.704. The van der Waals surface area contributed by atoms with Crippen molar-refractivity contribution < 1.29 is 9.59 Å². The van der Waals surface area contributed by atoms with E-state index in [4.69, 9.17) is 5.73 Å². The largest absolute Gasteiger partial charge is 0.368 e. The summed E-state index contributed by atoms with van der Waals surface area (Å²) in [4.78, 5) is 26.5. The first-order chi connectivity index (χ1) is 13.3. The molecule has 0 saturated heterocycles. The molecule has 1 atom stereocenters. The van der Waals surface area contributed by atoms with Crippen molar-refractivity contribution in [2.45, 2.75) is 33.7 Å². The smallest absolute Gasteiger partial charge is 0.244 e. The monoisotopic (exact) mass is 375 g/mol. The average molecular weight is 375 g/mol. The number of benzene rings is 2. The standard InChI is InChI=1S/C23H25N3O2/c1-13-10-20(17-5-6-21-18(12-17)7-8-25-21)14(2)9-19(13)15(3)11-22(27)26-16(4)23(24)28/h5-12,16,25H,1-4H3,(H2,24,28)(H,26,27)/t16-/m1/s1. The van der Waals surface area contributed by atoms with Gasteiger partial charge in [0.1, 0.15) is 6.04 Å². The summed E-state index contributed by atoms with van der Waals surface area (Å²) >= 11 is 0. The summed E-state index contributed by atoms with van der Waals surface area (Å²) in [6.07, 6.45) is 3.45. The molecule has 1 heterocycles. The summed E-state index contributed by atoms with van der Waals surface area (Å²) in [6.45, 7) is 7.56. The van der Waals surface area contributed by atoms with Crippen LogP contribution in [0, 0.1) is 13.8 Å². The van der Waals surface area contributed by atoms with E-state index in [9.17, 15) is 9.59 Å². The predicted octanol–water partition coefficient (Wildman–Crippen LogP) is 3.85. The number of aryl methyl sites for hydroxylation is 2. The molecule has 2 aromatic carbocycles. The summed E-state index contributed by atoms with van der Waals surface area (Å²) in [6, 6.07) is 12.0. The molecule has 3 rings (SSSR count). The molecule has 0 bridgehead atoms. The number of fused-ring (bicyclic) bond motifs is 1. The summed E-state index contributed by atoms with van der Waals surface area (Å²) in [5, 5.41) is 3.75. The number of allylic oxidation sites excluding steroid dienone is 1. The number of aromatic amines is 1. The van der Waals surface area contributed by atoms with Crippen molar-refractivity contribution in [3.63, 3.8) is 0 Å². The van der Waals surface area contributed by atoms with Gasteiger partial charge in [-0.1, -0.05) is 18.2 Å². The maximum absolute atomic E-state index is 12.1. The molecule has 5 nitrogen and oxygen atoms in total. The van der Waals surface area contributed by atoms with Gasteiger partial charge < -0.3 is 16.0 Å². The van der Waals surface area contributed by atoms with Crippen molar-refractivity contribution in [2.24, 2.45) is 5.73 Å². The number of aromatic nitrogens is 1. The van der Waals surface area contributed by atoms with Crippen molar-refractivity contribution in [1.82, 2.24) is 10.3 Å². The van der Waals surface area contributed by atoms with E-state index in [-0.39, 0.29) is 5.91 Å². The Morgan fingerprint density at radius 1 is 1.11 bits per heavy atom. The zero-order chi connectivity index (χ0) is 20.4. The second-order valence-corrected chi connectivity index (χ2v) is 7.22. The summed E-state index contributed by atoms with van der Waals surface area (Å²) < 4.78 is 0. The highest BCUT2D eigenvalue weighted by Crippen LogP contribution is 2.31. The van der Waals surface area contributed by atoms with E-state index in [0.29, 0.717) is 0 Å². The Balaban J connectivity index is 1.91. The molecule has 0 aliphatic heterocycles. The molecule has 0 spiro atoms. The number of primary amides is 1. The number of H-pyrrole nitrogens is 1. The molecule has 4 N–H and O–H groups in total. The van der Waals surface area contributed by atoms with Crippen molar-refractivity contribution in [1.29, 1.82) is 0 Å². The highest BCUT2D eigenvalue weighted by molar-refractivity contribution is 5.98. The zero-order valence-corrected chi connectivity index (χ0v) is 16.6. The van der Waals surface area contributed by atoms with E-state index >= 15 is 0 Å². The van der Waals surface area contributed by atoms with E-state index in [2.05, 4.69) is 53.6 Å². The minimum absolute atomic E-state index is 0.331. The number of nitrogens with two attached hydrogens (primary N) is 1. The molecule has 5 heteroatoms. The first-order valence-electron chi connectivity index (χ1n) is 9.23. The van der Waals surface area contributed by atoms with Gasteiger partial charge >= 0.3 is 0 Å². The van der Waals surface area contributed by atoms with Crippen LogP contribution in [0.4, 0.5) is 0 Å². The molecule has 0 radical (unpaired) electrons. The molecule has 0 saturated carbocycles. The van der Waals surface area contributed by atoms with Gasteiger partial charge in [0.15, 0.2) is 0 Å². The Morgan fingerprint density at radius 2 is 1.86 bits per heavy atom. The molecular weight excluding hydrogens is 350 g/mol. The van der Waals surface area contributed by atoms with Gasteiger partial charge in [0, 0.05) is 17.8 Å². The first-order valence-corrected chi connectivity index (χ1v) is 9.23. The van der Waals surface area contributed by atoms with Crippen molar-refractivity contribution in [3.05, 3.63) is 65.4 Å². The number of rotatable bonds is 5. The molecule has 144 valence electrons. The van der Waals surface area contributed by atoms with Gasteiger partial charge in [0.25, 0.3) is 0 Å². The van der Waals surface area contributed by atoms with Crippen LogP contribution in [-0.4, -0.2) is 22.8 Å². The van der Waals surface area contributed by atoms with Crippen molar-refractivity contribution in [3.8, 4) is 11.1 Å². The van der Waals surface area contributed by atoms with Gasteiger partial charge in [-0.3, -0.25) is 9.59 Å². The summed E-state index contributed by atoms with van der Waals surface area (Å²) in [5.41, 5.74) is 12.7. The average Bonchev–Trinajstić information content (AvgIpc) is 3.10. The Bertz CT molecular complexity index is 1090. The fourth-order valence-corrected chi connectivity index (χ4v) is 3.37. The quantitative estimate of drug-likeness (QED) is 0.592. The number of nitrogens with one attached hydrogen (secondary N) is 2. The minimum Gasteiger partial charge on any atom is -0.368 e. The normalized spacial score (nSPS) is 12.8. The van der Waals surface area contributed by atoms with Crippen LogP contribution in [0.15, 0.2) is 48.7 Å².